The topological polar surface area (TPSA) is 0 Å². The summed E-state index contributed by atoms with van der Waals surface area (Å²) in [6.07, 6.45) is 6.26. The van der Waals surface area contributed by atoms with E-state index in [4.69, 9.17) is 0 Å². The quantitative estimate of drug-likeness (QED) is 0.701. The van der Waals surface area contributed by atoms with E-state index in [2.05, 4.69) is 84.6 Å². The molecule has 1 heteroatoms. The van der Waals surface area contributed by atoms with Crippen molar-refractivity contribution >= 4 is 11.8 Å². The van der Waals surface area contributed by atoms with Crippen molar-refractivity contribution in [1.29, 1.82) is 0 Å². The van der Waals surface area contributed by atoms with Crippen molar-refractivity contribution in [3.05, 3.63) is 78.4 Å². The van der Waals surface area contributed by atoms with Gasteiger partial charge in [0.25, 0.3) is 0 Å². The van der Waals surface area contributed by atoms with Gasteiger partial charge in [-0.3, -0.25) is 0 Å². The van der Waals surface area contributed by atoms with Gasteiger partial charge in [0.05, 0.1) is 0 Å². The summed E-state index contributed by atoms with van der Waals surface area (Å²) in [6.45, 7) is 0. The van der Waals surface area contributed by atoms with Crippen molar-refractivity contribution in [3.8, 4) is 0 Å². The highest BCUT2D eigenvalue weighted by molar-refractivity contribution is 8.00. The van der Waals surface area contributed by atoms with Gasteiger partial charge in [-0.15, -0.1) is 11.8 Å². The summed E-state index contributed by atoms with van der Waals surface area (Å²) >= 11 is 2.07. The first kappa shape index (κ1) is 12.3. The van der Waals surface area contributed by atoms with Crippen molar-refractivity contribution in [2.75, 3.05) is 0 Å². The van der Waals surface area contributed by atoms with Crippen LogP contribution in [0.2, 0.25) is 0 Å². The Morgan fingerprint density at radius 1 is 0.800 bits per heavy atom. The van der Waals surface area contributed by atoms with Crippen LogP contribution in [0, 0.1) is 11.8 Å². The summed E-state index contributed by atoms with van der Waals surface area (Å²) < 4.78 is 0. The second-order valence-electron chi connectivity index (χ2n) is 5.78. The van der Waals surface area contributed by atoms with Crippen LogP contribution in [0.25, 0.3) is 0 Å². The molecule has 0 aliphatic heterocycles. The summed E-state index contributed by atoms with van der Waals surface area (Å²) in [6, 6.07) is 21.8. The molecule has 1 saturated carbocycles. The first-order chi connectivity index (χ1) is 9.92. The number of rotatable bonds is 3. The van der Waals surface area contributed by atoms with Gasteiger partial charge in [-0.25, -0.2) is 0 Å². The van der Waals surface area contributed by atoms with Gasteiger partial charge in [-0.05, 0) is 36.0 Å². The lowest BCUT2D eigenvalue weighted by atomic mass is 9.62. The predicted octanol–water partition coefficient (Wildman–Crippen LogP) is 5.14. The highest BCUT2D eigenvalue weighted by atomic mass is 32.2. The summed E-state index contributed by atoms with van der Waals surface area (Å²) in [4.78, 5) is 1.41. The molecule has 0 N–H and O–H groups in total. The Labute approximate surface area is 124 Å². The van der Waals surface area contributed by atoms with Gasteiger partial charge in [-0.1, -0.05) is 60.7 Å². The minimum Gasteiger partial charge on any atom is -0.122 e. The van der Waals surface area contributed by atoms with E-state index in [-0.39, 0.29) is 0 Å². The van der Waals surface area contributed by atoms with Crippen molar-refractivity contribution < 1.29 is 0 Å². The van der Waals surface area contributed by atoms with Crippen LogP contribution in [-0.2, 0) is 0 Å². The van der Waals surface area contributed by atoms with E-state index in [1.165, 1.54) is 16.9 Å². The average molecular weight is 278 g/mol. The normalized spacial score (nSPS) is 30.8. The molecule has 0 saturated heterocycles. The lowest BCUT2D eigenvalue weighted by Crippen LogP contribution is -2.44. The Morgan fingerprint density at radius 2 is 1.50 bits per heavy atom. The molecule has 4 atom stereocenters. The minimum atomic E-state index is 0.613. The third-order valence-corrected chi connectivity index (χ3v) is 6.13. The molecule has 5 rings (SSSR count). The number of benzene rings is 2. The van der Waals surface area contributed by atoms with Crippen LogP contribution in [0.15, 0.2) is 77.7 Å². The molecule has 2 aromatic rings. The summed E-state index contributed by atoms with van der Waals surface area (Å²) in [5.74, 6) is 2.20. The molecule has 0 spiro atoms. The van der Waals surface area contributed by atoms with E-state index >= 15 is 0 Å². The number of fused-ring (bicyclic) bond motifs is 1. The number of hydrogen-bond donors (Lipinski definition) is 0. The molecule has 2 bridgehead atoms. The molecule has 0 amide bonds. The average Bonchev–Trinajstić information content (AvgIpc) is 2.54. The minimum absolute atomic E-state index is 0.613. The Bertz CT molecular complexity index is 602. The van der Waals surface area contributed by atoms with Crippen LogP contribution in [0.3, 0.4) is 0 Å². The molecule has 0 nitrogen and oxygen atoms in total. The third kappa shape index (κ3) is 2.10. The molecule has 3 aliphatic rings. The van der Waals surface area contributed by atoms with Gasteiger partial charge in [0.1, 0.15) is 0 Å². The van der Waals surface area contributed by atoms with Crippen molar-refractivity contribution in [2.45, 2.75) is 22.5 Å². The molecular weight excluding hydrogens is 260 g/mol. The standard InChI is InChI=1S/C19H18S/c1-3-7-14(8-4-1)17-12-11-15-13-18(17)19(15)20-16-9-5-2-6-10-16/h1-12,15,17-19H,13H2/t15-,17+,18-,19-/m0/s1. The van der Waals surface area contributed by atoms with E-state index < -0.39 is 0 Å². The van der Waals surface area contributed by atoms with Crippen molar-refractivity contribution in [3.63, 3.8) is 0 Å². The SMILES string of the molecule is C1=C[C@H]2C[C@H]([C@H]2Sc2ccccc2)[C@H]1c1ccccc1. The molecule has 0 radical (unpaired) electrons. The maximum atomic E-state index is 2.46. The first-order valence-electron chi connectivity index (χ1n) is 7.37. The summed E-state index contributed by atoms with van der Waals surface area (Å²) in [7, 11) is 0. The van der Waals surface area contributed by atoms with E-state index in [1.54, 1.807) is 0 Å². The summed E-state index contributed by atoms with van der Waals surface area (Å²) in [5.41, 5.74) is 1.48. The Morgan fingerprint density at radius 3 is 2.20 bits per heavy atom. The van der Waals surface area contributed by atoms with Crippen LogP contribution in [0.5, 0.6) is 0 Å². The number of hydrogen-bond acceptors (Lipinski definition) is 1. The van der Waals surface area contributed by atoms with Crippen LogP contribution >= 0.6 is 11.8 Å². The predicted molar refractivity (Wildman–Crippen MR) is 86.0 cm³/mol. The zero-order chi connectivity index (χ0) is 13.4. The second kappa shape index (κ2) is 5.14. The highest BCUT2D eigenvalue weighted by Gasteiger charge is 2.46. The molecule has 1 fully saturated rings. The van der Waals surface area contributed by atoms with Gasteiger partial charge < -0.3 is 0 Å². The Balaban J connectivity index is 1.56. The fourth-order valence-corrected chi connectivity index (χ4v) is 4.97. The number of allylic oxidation sites excluding steroid dienone is 2. The molecule has 0 heterocycles. The van der Waals surface area contributed by atoms with Crippen molar-refractivity contribution in [2.24, 2.45) is 11.8 Å². The molecule has 100 valence electrons. The van der Waals surface area contributed by atoms with Gasteiger partial charge in [-0.2, -0.15) is 0 Å². The Hall–Kier alpha value is -1.47. The molecule has 20 heavy (non-hydrogen) atoms. The smallest absolute Gasteiger partial charge is 0.0195 e. The third-order valence-electron chi connectivity index (χ3n) is 4.62. The van der Waals surface area contributed by atoms with E-state index in [0.717, 1.165) is 17.1 Å². The van der Waals surface area contributed by atoms with Gasteiger partial charge >= 0.3 is 0 Å². The zero-order valence-electron chi connectivity index (χ0n) is 11.4. The maximum absolute atomic E-state index is 2.46. The van der Waals surface area contributed by atoms with E-state index in [9.17, 15) is 0 Å². The van der Waals surface area contributed by atoms with Crippen LogP contribution in [0.1, 0.15) is 17.9 Å². The molecule has 0 aromatic heterocycles. The fourth-order valence-electron chi connectivity index (χ4n) is 3.51. The molecule has 3 aliphatic carbocycles. The summed E-state index contributed by atoms with van der Waals surface area (Å²) in [5, 5.41) is 0.757. The zero-order valence-corrected chi connectivity index (χ0v) is 12.2. The number of thioether (sulfide) groups is 1. The maximum Gasteiger partial charge on any atom is 0.0195 e. The van der Waals surface area contributed by atoms with E-state index in [1.807, 2.05) is 0 Å². The largest absolute Gasteiger partial charge is 0.122 e. The van der Waals surface area contributed by atoms with Gasteiger partial charge in [0, 0.05) is 16.1 Å². The van der Waals surface area contributed by atoms with Gasteiger partial charge in [0.2, 0.25) is 0 Å². The van der Waals surface area contributed by atoms with Crippen LogP contribution < -0.4 is 0 Å². The monoisotopic (exact) mass is 278 g/mol. The van der Waals surface area contributed by atoms with E-state index in [0.29, 0.717) is 5.92 Å². The Kier molecular flexibility index (Phi) is 3.16. The fraction of sp³-hybridized carbons (Fsp3) is 0.263. The molecule has 0 unspecified atom stereocenters. The van der Waals surface area contributed by atoms with Crippen molar-refractivity contribution in [1.82, 2.24) is 0 Å². The second-order valence-corrected chi connectivity index (χ2v) is 7.03. The first-order valence-corrected chi connectivity index (χ1v) is 8.25. The lowest BCUT2D eigenvalue weighted by Gasteiger charge is -2.50. The van der Waals surface area contributed by atoms with Crippen LogP contribution in [-0.4, -0.2) is 5.25 Å². The highest BCUT2D eigenvalue weighted by Crippen LogP contribution is 2.55. The van der Waals surface area contributed by atoms with Crippen LogP contribution in [0.4, 0.5) is 0 Å². The molecular formula is C19H18S. The molecule has 2 aromatic carbocycles. The lowest BCUT2D eigenvalue weighted by molar-refractivity contribution is 0.214. The van der Waals surface area contributed by atoms with Gasteiger partial charge in [0.15, 0.2) is 0 Å².